The smallest absolute Gasteiger partial charge is 0.328 e. The van der Waals surface area contributed by atoms with Crippen LogP contribution in [-0.4, -0.2) is 29.7 Å². The second kappa shape index (κ2) is 7.24. The van der Waals surface area contributed by atoms with Gasteiger partial charge in [0.15, 0.2) is 0 Å². The largest absolute Gasteiger partial charge is 0.478 e. The van der Waals surface area contributed by atoms with E-state index in [2.05, 4.69) is 22.0 Å². The maximum Gasteiger partial charge on any atom is 0.328 e. The third-order valence-corrected chi connectivity index (χ3v) is 3.16. The quantitative estimate of drug-likeness (QED) is 0.828. The van der Waals surface area contributed by atoms with Gasteiger partial charge in [-0.1, -0.05) is 30.3 Å². The number of likely N-dealkylation sites (N-methyl/N-ethyl adjacent to an activating group) is 1. The van der Waals surface area contributed by atoms with Crippen molar-refractivity contribution in [1.29, 1.82) is 0 Å². The van der Waals surface area contributed by atoms with Gasteiger partial charge in [0.2, 0.25) is 0 Å². The first-order valence-electron chi connectivity index (χ1n) is 6.77. The van der Waals surface area contributed by atoms with Crippen LogP contribution in [0.1, 0.15) is 11.1 Å². The lowest BCUT2D eigenvalue weighted by atomic mass is 10.1. The Kier molecular flexibility index (Phi) is 5.10. The number of anilines is 1. The highest BCUT2D eigenvalue weighted by molar-refractivity contribution is 5.85. The highest BCUT2D eigenvalue weighted by Gasteiger charge is 2.02. The number of aromatic nitrogens is 1. The lowest BCUT2D eigenvalue weighted by molar-refractivity contribution is -0.131. The van der Waals surface area contributed by atoms with E-state index in [0.29, 0.717) is 0 Å². The Morgan fingerprint density at radius 3 is 2.62 bits per heavy atom. The van der Waals surface area contributed by atoms with Crippen molar-refractivity contribution in [3.63, 3.8) is 0 Å². The van der Waals surface area contributed by atoms with Gasteiger partial charge < -0.3 is 10.0 Å². The molecule has 4 heteroatoms. The van der Waals surface area contributed by atoms with E-state index in [-0.39, 0.29) is 0 Å². The van der Waals surface area contributed by atoms with Crippen molar-refractivity contribution in [2.24, 2.45) is 0 Å². The molecule has 0 radical (unpaired) electrons. The van der Waals surface area contributed by atoms with Crippen LogP contribution in [0, 0.1) is 0 Å². The van der Waals surface area contributed by atoms with Crippen molar-refractivity contribution in [2.45, 2.75) is 6.42 Å². The first-order chi connectivity index (χ1) is 10.1. The van der Waals surface area contributed by atoms with Crippen LogP contribution < -0.4 is 4.90 Å². The van der Waals surface area contributed by atoms with Crippen molar-refractivity contribution < 1.29 is 9.90 Å². The van der Waals surface area contributed by atoms with Gasteiger partial charge in [-0.3, -0.25) is 0 Å². The molecule has 0 saturated heterocycles. The van der Waals surface area contributed by atoms with Crippen LogP contribution in [0.4, 0.5) is 5.82 Å². The second-order valence-corrected chi connectivity index (χ2v) is 4.78. The van der Waals surface area contributed by atoms with Crippen molar-refractivity contribution in [3.8, 4) is 0 Å². The molecule has 21 heavy (non-hydrogen) atoms. The average Bonchev–Trinajstić information content (AvgIpc) is 2.52. The summed E-state index contributed by atoms with van der Waals surface area (Å²) in [7, 11) is 2.00. The zero-order valence-corrected chi connectivity index (χ0v) is 11.9. The molecule has 0 unspecified atom stereocenters. The lowest BCUT2D eigenvalue weighted by Crippen LogP contribution is -2.21. The van der Waals surface area contributed by atoms with Crippen molar-refractivity contribution in [3.05, 3.63) is 65.9 Å². The molecular formula is C17H18N2O2. The highest BCUT2D eigenvalue weighted by atomic mass is 16.4. The molecule has 0 atom stereocenters. The van der Waals surface area contributed by atoms with Crippen molar-refractivity contribution >= 4 is 17.9 Å². The molecule has 1 aromatic heterocycles. The van der Waals surface area contributed by atoms with Gasteiger partial charge in [0.1, 0.15) is 5.82 Å². The zero-order valence-electron chi connectivity index (χ0n) is 11.9. The fourth-order valence-electron chi connectivity index (χ4n) is 1.95. The summed E-state index contributed by atoms with van der Waals surface area (Å²) in [5.74, 6) is -0.0857. The summed E-state index contributed by atoms with van der Waals surface area (Å²) in [6.45, 7) is 0.876. The monoisotopic (exact) mass is 282 g/mol. The molecule has 0 aliphatic carbocycles. The minimum atomic E-state index is -0.959. The molecule has 0 aliphatic rings. The average molecular weight is 282 g/mol. The van der Waals surface area contributed by atoms with Gasteiger partial charge in [0.05, 0.1) is 0 Å². The molecule has 0 amide bonds. The van der Waals surface area contributed by atoms with Gasteiger partial charge >= 0.3 is 5.97 Å². The summed E-state index contributed by atoms with van der Waals surface area (Å²) in [4.78, 5) is 16.9. The van der Waals surface area contributed by atoms with Crippen molar-refractivity contribution in [1.82, 2.24) is 4.98 Å². The summed E-state index contributed by atoms with van der Waals surface area (Å²) in [5, 5.41) is 8.58. The fraction of sp³-hybridized carbons (Fsp3) is 0.176. The highest BCUT2D eigenvalue weighted by Crippen LogP contribution is 2.11. The van der Waals surface area contributed by atoms with Crippen LogP contribution in [-0.2, 0) is 11.2 Å². The van der Waals surface area contributed by atoms with E-state index < -0.39 is 5.97 Å². The van der Waals surface area contributed by atoms with Gasteiger partial charge in [-0.25, -0.2) is 9.78 Å². The molecule has 0 aliphatic heterocycles. The number of hydrogen-bond donors (Lipinski definition) is 1. The Morgan fingerprint density at radius 2 is 2.00 bits per heavy atom. The molecule has 0 spiro atoms. The van der Waals surface area contributed by atoms with Crippen LogP contribution in [0.2, 0.25) is 0 Å². The topological polar surface area (TPSA) is 53.4 Å². The second-order valence-electron chi connectivity index (χ2n) is 4.78. The van der Waals surface area contributed by atoms with Crippen LogP contribution in [0.25, 0.3) is 6.08 Å². The lowest BCUT2D eigenvalue weighted by Gasteiger charge is -2.18. The number of carboxylic acid groups (broad SMARTS) is 1. The normalized spacial score (nSPS) is 10.7. The number of hydrogen-bond acceptors (Lipinski definition) is 3. The molecule has 108 valence electrons. The number of benzene rings is 1. The van der Waals surface area contributed by atoms with Crippen LogP contribution in [0.5, 0.6) is 0 Å². The molecule has 1 N–H and O–H groups in total. The minimum Gasteiger partial charge on any atom is -0.478 e. The molecule has 1 aromatic carbocycles. The number of rotatable bonds is 6. The Bertz CT molecular complexity index is 606. The summed E-state index contributed by atoms with van der Waals surface area (Å²) in [6.07, 6.45) is 5.27. The molecule has 0 saturated carbocycles. The van der Waals surface area contributed by atoms with Gasteiger partial charge in [-0.05, 0) is 35.8 Å². The van der Waals surface area contributed by atoms with E-state index in [0.717, 1.165) is 30.4 Å². The number of carboxylic acids is 1. The van der Waals surface area contributed by atoms with Crippen molar-refractivity contribution in [2.75, 3.05) is 18.5 Å². The van der Waals surface area contributed by atoms with E-state index in [1.807, 2.05) is 37.4 Å². The van der Waals surface area contributed by atoms with Crippen LogP contribution in [0.3, 0.4) is 0 Å². The van der Waals surface area contributed by atoms with Gasteiger partial charge in [0, 0.05) is 25.9 Å². The Morgan fingerprint density at radius 1 is 1.24 bits per heavy atom. The first-order valence-corrected chi connectivity index (χ1v) is 6.77. The first kappa shape index (κ1) is 14.8. The maximum absolute atomic E-state index is 10.5. The number of nitrogens with zero attached hydrogens (tertiary/aromatic N) is 2. The number of aliphatic carboxylic acids is 1. The zero-order chi connectivity index (χ0) is 15.1. The summed E-state index contributed by atoms with van der Waals surface area (Å²) in [6, 6.07) is 14.1. The van der Waals surface area contributed by atoms with E-state index in [4.69, 9.17) is 5.11 Å². The predicted molar refractivity (Wildman–Crippen MR) is 84.3 cm³/mol. The van der Waals surface area contributed by atoms with E-state index in [1.165, 1.54) is 11.6 Å². The summed E-state index contributed by atoms with van der Waals surface area (Å²) >= 11 is 0. The standard InChI is InChI=1S/C17H18N2O2/c1-19(12-11-14-5-3-2-4-6-14)16-9-7-15(13-18-16)8-10-17(20)21/h2-10,13H,11-12H2,1H3,(H,20,21)/b10-8+. The SMILES string of the molecule is CN(CCc1ccccc1)c1ccc(/C=C/C(=O)O)cn1. The van der Waals surface area contributed by atoms with Crippen LogP contribution >= 0.6 is 0 Å². The molecular weight excluding hydrogens is 264 g/mol. The van der Waals surface area contributed by atoms with Gasteiger partial charge in [-0.2, -0.15) is 0 Å². The minimum absolute atomic E-state index is 0.776. The molecule has 2 rings (SSSR count). The van der Waals surface area contributed by atoms with E-state index in [1.54, 1.807) is 6.20 Å². The number of carbonyl (C=O) groups is 1. The van der Waals surface area contributed by atoms with E-state index >= 15 is 0 Å². The molecule has 4 nitrogen and oxygen atoms in total. The Hall–Kier alpha value is -2.62. The Balaban J connectivity index is 1.93. The van der Waals surface area contributed by atoms with Gasteiger partial charge in [0.25, 0.3) is 0 Å². The van der Waals surface area contributed by atoms with Crippen LogP contribution in [0.15, 0.2) is 54.7 Å². The van der Waals surface area contributed by atoms with Gasteiger partial charge in [-0.15, -0.1) is 0 Å². The molecule has 0 fully saturated rings. The summed E-state index contributed by atoms with van der Waals surface area (Å²) in [5.41, 5.74) is 2.07. The molecule has 1 heterocycles. The molecule has 0 bridgehead atoms. The number of pyridine rings is 1. The third kappa shape index (κ3) is 4.76. The molecule has 2 aromatic rings. The Labute approximate surface area is 124 Å². The third-order valence-electron chi connectivity index (χ3n) is 3.16. The van der Waals surface area contributed by atoms with E-state index in [9.17, 15) is 4.79 Å². The maximum atomic E-state index is 10.5. The fourth-order valence-corrected chi connectivity index (χ4v) is 1.95. The summed E-state index contributed by atoms with van der Waals surface area (Å²) < 4.78 is 0. The predicted octanol–water partition coefficient (Wildman–Crippen LogP) is 2.86.